The van der Waals surface area contributed by atoms with Crippen molar-refractivity contribution in [3.63, 3.8) is 0 Å². The lowest BCUT2D eigenvalue weighted by Gasteiger charge is -2.23. The third kappa shape index (κ3) is 3.38. The minimum absolute atomic E-state index is 0.162. The zero-order valence-electron chi connectivity index (χ0n) is 18.6. The normalized spacial score (nSPS) is 11.9. The molecule has 0 aliphatic rings. The number of fused-ring (bicyclic) bond motifs is 3. The van der Waals surface area contributed by atoms with Crippen molar-refractivity contribution in [2.45, 2.75) is 26.2 Å². The van der Waals surface area contributed by atoms with Crippen LogP contribution in [-0.2, 0) is 5.41 Å². The predicted octanol–water partition coefficient (Wildman–Crippen LogP) is 7.85. The molecular weight excluding hydrogens is 376 g/mol. The van der Waals surface area contributed by atoms with E-state index in [1.54, 1.807) is 0 Å². The summed E-state index contributed by atoms with van der Waals surface area (Å²) < 4.78 is 2.35. The molecule has 4 aromatic carbocycles. The number of hydrogen-bond acceptors (Lipinski definition) is 1. The van der Waals surface area contributed by atoms with Crippen LogP contribution >= 0.6 is 0 Å². The molecule has 0 fully saturated rings. The van der Waals surface area contributed by atoms with Gasteiger partial charge in [-0.3, -0.25) is 0 Å². The molecule has 0 atom stereocenters. The fraction of sp³-hybridized carbons (Fsp3) is 0.172. The average Bonchev–Trinajstić information content (AvgIpc) is 3.12. The Bertz CT molecular complexity index is 1350. The van der Waals surface area contributed by atoms with Gasteiger partial charge in [-0.1, -0.05) is 69.3 Å². The standard InChI is InChI=1S/C29H28N2/c1-29(2,3)21-14-16-22(17-15-21)30(4)24-18-19-28-26(20-24)25-12-8-9-13-27(25)31(28)23-10-6-5-7-11-23/h5-20H,1-4H3. The maximum absolute atomic E-state index is 2.35. The summed E-state index contributed by atoms with van der Waals surface area (Å²) in [5.74, 6) is 0. The smallest absolute Gasteiger partial charge is 0.0542 e. The van der Waals surface area contributed by atoms with Crippen molar-refractivity contribution in [3.8, 4) is 5.69 Å². The first-order valence-electron chi connectivity index (χ1n) is 10.9. The van der Waals surface area contributed by atoms with Gasteiger partial charge in [-0.2, -0.15) is 0 Å². The van der Waals surface area contributed by atoms with Crippen molar-refractivity contribution in [1.29, 1.82) is 0 Å². The Labute approximate surface area is 184 Å². The first-order valence-corrected chi connectivity index (χ1v) is 10.9. The van der Waals surface area contributed by atoms with Gasteiger partial charge in [0.25, 0.3) is 0 Å². The molecule has 0 amide bonds. The van der Waals surface area contributed by atoms with Crippen molar-refractivity contribution < 1.29 is 0 Å². The zero-order chi connectivity index (χ0) is 21.6. The minimum Gasteiger partial charge on any atom is -0.345 e. The Kier molecular flexibility index (Phi) is 4.59. The highest BCUT2D eigenvalue weighted by Crippen LogP contribution is 2.36. The van der Waals surface area contributed by atoms with Gasteiger partial charge in [0, 0.05) is 34.9 Å². The summed E-state index contributed by atoms with van der Waals surface area (Å²) in [5, 5.41) is 2.55. The van der Waals surface area contributed by atoms with Crippen LogP contribution in [0.25, 0.3) is 27.5 Å². The minimum atomic E-state index is 0.162. The molecule has 1 heterocycles. The topological polar surface area (TPSA) is 8.17 Å². The first kappa shape index (κ1) is 19.4. The summed E-state index contributed by atoms with van der Waals surface area (Å²) in [4.78, 5) is 2.26. The highest BCUT2D eigenvalue weighted by atomic mass is 15.1. The Morgan fingerprint density at radius 1 is 0.613 bits per heavy atom. The van der Waals surface area contributed by atoms with Crippen LogP contribution in [0.5, 0.6) is 0 Å². The van der Waals surface area contributed by atoms with Gasteiger partial charge < -0.3 is 9.47 Å². The van der Waals surface area contributed by atoms with Gasteiger partial charge >= 0.3 is 0 Å². The number of aromatic nitrogens is 1. The second kappa shape index (κ2) is 7.31. The van der Waals surface area contributed by atoms with Crippen LogP contribution in [-0.4, -0.2) is 11.6 Å². The number of rotatable bonds is 3. The molecule has 0 bridgehead atoms. The lowest BCUT2D eigenvalue weighted by atomic mass is 9.87. The first-order chi connectivity index (χ1) is 14.9. The van der Waals surface area contributed by atoms with Gasteiger partial charge in [-0.25, -0.2) is 0 Å². The number of para-hydroxylation sites is 2. The second-order valence-electron chi connectivity index (χ2n) is 9.25. The van der Waals surface area contributed by atoms with E-state index in [0.29, 0.717) is 0 Å². The second-order valence-corrected chi connectivity index (χ2v) is 9.25. The highest BCUT2D eigenvalue weighted by Gasteiger charge is 2.16. The molecule has 1 aromatic heterocycles. The third-order valence-corrected chi connectivity index (χ3v) is 6.18. The van der Waals surface area contributed by atoms with Gasteiger partial charge in [0.05, 0.1) is 11.0 Å². The molecule has 0 spiro atoms. The Hall–Kier alpha value is -3.52. The molecule has 5 rings (SSSR count). The van der Waals surface area contributed by atoms with E-state index in [4.69, 9.17) is 0 Å². The van der Waals surface area contributed by atoms with Crippen LogP contribution in [0.4, 0.5) is 11.4 Å². The molecule has 0 aliphatic carbocycles. The molecule has 0 radical (unpaired) electrons. The van der Waals surface area contributed by atoms with Crippen molar-refractivity contribution >= 4 is 33.2 Å². The van der Waals surface area contributed by atoms with Crippen LogP contribution in [0.2, 0.25) is 0 Å². The van der Waals surface area contributed by atoms with Crippen molar-refractivity contribution in [3.05, 3.63) is 103 Å². The van der Waals surface area contributed by atoms with E-state index < -0.39 is 0 Å². The number of nitrogens with zero attached hydrogens (tertiary/aromatic N) is 2. The lowest BCUT2D eigenvalue weighted by Crippen LogP contribution is -2.13. The van der Waals surface area contributed by atoms with Gasteiger partial charge in [0.2, 0.25) is 0 Å². The van der Waals surface area contributed by atoms with E-state index in [2.05, 4.69) is 134 Å². The summed E-state index contributed by atoms with van der Waals surface area (Å²) in [5.41, 5.74) is 7.55. The van der Waals surface area contributed by atoms with Gasteiger partial charge in [0.1, 0.15) is 0 Å². The van der Waals surface area contributed by atoms with Crippen molar-refractivity contribution in [1.82, 2.24) is 4.57 Å². The molecule has 0 saturated heterocycles. The Balaban J connectivity index is 1.63. The van der Waals surface area contributed by atoms with Crippen LogP contribution in [0.1, 0.15) is 26.3 Å². The summed E-state index contributed by atoms with van der Waals surface area (Å²) in [6, 6.07) is 35.0. The largest absolute Gasteiger partial charge is 0.345 e. The zero-order valence-corrected chi connectivity index (χ0v) is 18.6. The average molecular weight is 405 g/mol. The highest BCUT2D eigenvalue weighted by molar-refractivity contribution is 6.10. The van der Waals surface area contributed by atoms with Gasteiger partial charge in [0.15, 0.2) is 0 Å². The fourth-order valence-electron chi connectivity index (χ4n) is 4.36. The number of anilines is 2. The van der Waals surface area contributed by atoms with E-state index in [1.165, 1.54) is 44.4 Å². The maximum atomic E-state index is 2.35. The van der Waals surface area contributed by atoms with E-state index in [-0.39, 0.29) is 5.41 Å². The number of benzene rings is 4. The van der Waals surface area contributed by atoms with E-state index in [1.807, 2.05) is 0 Å². The summed E-state index contributed by atoms with van der Waals surface area (Å²) >= 11 is 0. The molecule has 0 unspecified atom stereocenters. The fourth-order valence-corrected chi connectivity index (χ4v) is 4.36. The quantitative estimate of drug-likeness (QED) is 0.297. The molecule has 2 heteroatoms. The van der Waals surface area contributed by atoms with Crippen molar-refractivity contribution in [2.24, 2.45) is 0 Å². The molecule has 31 heavy (non-hydrogen) atoms. The number of hydrogen-bond donors (Lipinski definition) is 0. The molecular formula is C29H28N2. The summed E-state index contributed by atoms with van der Waals surface area (Å²) in [6.07, 6.45) is 0. The Morgan fingerprint density at radius 2 is 1.23 bits per heavy atom. The van der Waals surface area contributed by atoms with E-state index >= 15 is 0 Å². The predicted molar refractivity (Wildman–Crippen MR) is 134 cm³/mol. The van der Waals surface area contributed by atoms with Crippen LogP contribution in [0.3, 0.4) is 0 Å². The van der Waals surface area contributed by atoms with Crippen molar-refractivity contribution in [2.75, 3.05) is 11.9 Å². The lowest BCUT2D eigenvalue weighted by molar-refractivity contribution is 0.590. The molecule has 0 aliphatic heterocycles. The molecule has 2 nitrogen and oxygen atoms in total. The van der Waals surface area contributed by atoms with Gasteiger partial charge in [-0.05, 0) is 59.5 Å². The SMILES string of the molecule is CN(c1ccc(C(C)(C)C)cc1)c1ccc2c(c1)c1ccccc1n2-c1ccccc1. The maximum Gasteiger partial charge on any atom is 0.0542 e. The van der Waals surface area contributed by atoms with Crippen LogP contribution < -0.4 is 4.90 Å². The Morgan fingerprint density at radius 3 is 1.94 bits per heavy atom. The van der Waals surface area contributed by atoms with E-state index in [0.717, 1.165) is 0 Å². The van der Waals surface area contributed by atoms with Crippen LogP contribution in [0.15, 0.2) is 97.1 Å². The molecule has 0 N–H and O–H groups in total. The van der Waals surface area contributed by atoms with Crippen LogP contribution in [0, 0.1) is 0 Å². The van der Waals surface area contributed by atoms with Gasteiger partial charge in [-0.15, -0.1) is 0 Å². The molecule has 0 saturated carbocycles. The monoisotopic (exact) mass is 404 g/mol. The summed E-state index contributed by atoms with van der Waals surface area (Å²) in [6.45, 7) is 6.76. The van der Waals surface area contributed by atoms with E-state index in [9.17, 15) is 0 Å². The third-order valence-electron chi connectivity index (χ3n) is 6.18. The molecule has 5 aromatic rings. The molecule has 154 valence electrons. The summed E-state index contributed by atoms with van der Waals surface area (Å²) in [7, 11) is 2.14.